The van der Waals surface area contributed by atoms with Gasteiger partial charge in [0.15, 0.2) is 0 Å². The first kappa shape index (κ1) is 14.8. The molecule has 0 aliphatic carbocycles. The molecule has 1 aromatic carbocycles. The minimum atomic E-state index is -1.05. The molecule has 0 unspecified atom stereocenters. The third-order valence-electron chi connectivity index (χ3n) is 3.30. The van der Waals surface area contributed by atoms with Gasteiger partial charge in [0.2, 0.25) is 5.91 Å². The number of hydrogen-bond donors (Lipinski definition) is 1. The van der Waals surface area contributed by atoms with Crippen LogP contribution in [0.4, 0.5) is 0 Å². The Morgan fingerprint density at radius 3 is 2.71 bits per heavy atom. The molecule has 1 N–H and O–H groups in total. The Morgan fingerprint density at radius 1 is 1.29 bits per heavy atom. The maximum Gasteiger partial charge on any atom is 0.328 e. The first-order chi connectivity index (χ1) is 9.97. The average molecular weight is 288 g/mol. The van der Waals surface area contributed by atoms with E-state index in [1.54, 1.807) is 36.2 Å². The molecule has 0 aromatic heterocycles. The van der Waals surface area contributed by atoms with E-state index in [0.717, 1.165) is 6.08 Å². The topological polar surface area (TPSA) is 77.9 Å². The highest BCUT2D eigenvalue weighted by Gasteiger charge is 2.25. The van der Waals surface area contributed by atoms with E-state index < -0.39 is 5.97 Å². The minimum Gasteiger partial charge on any atom is -0.478 e. The summed E-state index contributed by atoms with van der Waals surface area (Å²) >= 11 is 0. The van der Waals surface area contributed by atoms with E-state index in [-0.39, 0.29) is 18.4 Å². The minimum absolute atomic E-state index is 0.0739. The van der Waals surface area contributed by atoms with Crippen LogP contribution >= 0.6 is 0 Å². The molecule has 2 amide bonds. The molecule has 21 heavy (non-hydrogen) atoms. The number of carbonyl (C=O) groups excluding carboxylic acids is 2. The zero-order valence-corrected chi connectivity index (χ0v) is 11.7. The summed E-state index contributed by atoms with van der Waals surface area (Å²) in [6.45, 7) is 1.09. The number of aliphatic carboxylic acids is 1. The molecular weight excluding hydrogens is 272 g/mol. The quantitative estimate of drug-likeness (QED) is 0.830. The van der Waals surface area contributed by atoms with Crippen LogP contribution in [0.3, 0.4) is 0 Å². The van der Waals surface area contributed by atoms with Gasteiger partial charge in [0.1, 0.15) is 6.54 Å². The highest BCUT2D eigenvalue weighted by atomic mass is 16.4. The summed E-state index contributed by atoms with van der Waals surface area (Å²) in [5.74, 6) is -1.35. The lowest BCUT2D eigenvalue weighted by atomic mass is 10.1. The lowest BCUT2D eigenvalue weighted by Gasteiger charge is -2.32. The van der Waals surface area contributed by atoms with Crippen molar-refractivity contribution in [2.45, 2.75) is 0 Å². The van der Waals surface area contributed by atoms with Crippen LogP contribution in [0.5, 0.6) is 0 Å². The van der Waals surface area contributed by atoms with E-state index in [2.05, 4.69) is 0 Å². The monoisotopic (exact) mass is 288 g/mol. The molecule has 2 rings (SSSR count). The first-order valence-electron chi connectivity index (χ1n) is 6.51. The number of benzene rings is 1. The molecule has 0 spiro atoms. The van der Waals surface area contributed by atoms with Crippen molar-refractivity contribution in [1.29, 1.82) is 0 Å². The summed E-state index contributed by atoms with van der Waals surface area (Å²) in [5, 5.41) is 8.61. The van der Waals surface area contributed by atoms with E-state index >= 15 is 0 Å². The number of piperazine rings is 1. The summed E-state index contributed by atoms with van der Waals surface area (Å²) in [7, 11) is 1.71. The first-order valence-corrected chi connectivity index (χ1v) is 6.51. The number of carbonyl (C=O) groups is 3. The van der Waals surface area contributed by atoms with Crippen LogP contribution in [-0.2, 0) is 9.59 Å². The van der Waals surface area contributed by atoms with Gasteiger partial charge in [0.05, 0.1) is 0 Å². The fourth-order valence-electron chi connectivity index (χ4n) is 2.06. The summed E-state index contributed by atoms with van der Waals surface area (Å²) in [4.78, 5) is 37.6. The standard InChI is InChI=1S/C15H16N2O4/c1-16-7-8-17(10-13(16)18)15(21)12-4-2-3-11(9-12)5-6-14(19)20/h2-6,9H,7-8,10H2,1H3,(H,19,20). The molecule has 1 heterocycles. The molecule has 6 heteroatoms. The Balaban J connectivity index is 2.14. The van der Waals surface area contributed by atoms with Crippen LogP contribution in [0.15, 0.2) is 30.3 Å². The van der Waals surface area contributed by atoms with Crippen molar-refractivity contribution in [2.24, 2.45) is 0 Å². The van der Waals surface area contributed by atoms with Crippen LogP contribution in [0.2, 0.25) is 0 Å². The lowest BCUT2D eigenvalue weighted by molar-refractivity contribution is -0.133. The van der Waals surface area contributed by atoms with Gasteiger partial charge < -0.3 is 14.9 Å². The summed E-state index contributed by atoms with van der Waals surface area (Å²) < 4.78 is 0. The number of carboxylic acids is 1. The molecule has 110 valence electrons. The average Bonchev–Trinajstić information content (AvgIpc) is 2.47. The van der Waals surface area contributed by atoms with Crippen molar-refractivity contribution in [3.63, 3.8) is 0 Å². The van der Waals surface area contributed by atoms with Crippen LogP contribution in [0, 0.1) is 0 Å². The van der Waals surface area contributed by atoms with Crippen molar-refractivity contribution < 1.29 is 19.5 Å². The smallest absolute Gasteiger partial charge is 0.328 e. The van der Waals surface area contributed by atoms with Gasteiger partial charge in [-0.2, -0.15) is 0 Å². The van der Waals surface area contributed by atoms with E-state index in [4.69, 9.17) is 5.11 Å². The molecule has 6 nitrogen and oxygen atoms in total. The second-order valence-corrected chi connectivity index (χ2v) is 4.84. The van der Waals surface area contributed by atoms with Gasteiger partial charge in [-0.3, -0.25) is 9.59 Å². The zero-order valence-electron chi connectivity index (χ0n) is 11.7. The zero-order chi connectivity index (χ0) is 15.4. The number of nitrogens with zero attached hydrogens (tertiary/aromatic N) is 2. The Labute approximate surface area is 122 Å². The Morgan fingerprint density at radius 2 is 2.05 bits per heavy atom. The van der Waals surface area contributed by atoms with Crippen LogP contribution in [-0.4, -0.2) is 59.4 Å². The second-order valence-electron chi connectivity index (χ2n) is 4.84. The maximum atomic E-state index is 12.4. The number of carboxylic acid groups (broad SMARTS) is 1. The van der Waals surface area contributed by atoms with Gasteiger partial charge in [-0.15, -0.1) is 0 Å². The van der Waals surface area contributed by atoms with Crippen molar-refractivity contribution in [1.82, 2.24) is 9.80 Å². The summed E-state index contributed by atoms with van der Waals surface area (Å²) in [5.41, 5.74) is 1.07. The van der Waals surface area contributed by atoms with E-state index in [0.29, 0.717) is 24.2 Å². The Bertz CT molecular complexity index is 609. The SMILES string of the molecule is CN1CCN(C(=O)c2cccc(C=CC(=O)O)c2)CC1=O. The predicted molar refractivity (Wildman–Crippen MR) is 76.7 cm³/mol. The molecule has 0 atom stereocenters. The van der Waals surface area contributed by atoms with Gasteiger partial charge in [-0.1, -0.05) is 12.1 Å². The van der Waals surface area contributed by atoms with E-state index in [1.165, 1.54) is 11.0 Å². The highest BCUT2D eigenvalue weighted by Crippen LogP contribution is 2.12. The van der Waals surface area contributed by atoms with E-state index in [9.17, 15) is 14.4 Å². The van der Waals surface area contributed by atoms with Crippen LogP contribution in [0.1, 0.15) is 15.9 Å². The van der Waals surface area contributed by atoms with Gasteiger partial charge in [-0.25, -0.2) is 4.79 Å². The number of rotatable bonds is 3. The molecule has 1 aliphatic heterocycles. The summed E-state index contributed by atoms with van der Waals surface area (Å²) in [6, 6.07) is 6.67. The van der Waals surface area contributed by atoms with Crippen LogP contribution < -0.4 is 0 Å². The van der Waals surface area contributed by atoms with Gasteiger partial charge in [0, 0.05) is 31.8 Å². The van der Waals surface area contributed by atoms with Crippen molar-refractivity contribution in [2.75, 3.05) is 26.7 Å². The van der Waals surface area contributed by atoms with Gasteiger partial charge >= 0.3 is 5.97 Å². The van der Waals surface area contributed by atoms with Crippen LogP contribution in [0.25, 0.3) is 6.08 Å². The maximum absolute atomic E-state index is 12.4. The Kier molecular flexibility index (Phi) is 4.37. The third kappa shape index (κ3) is 3.68. The molecular formula is C15H16N2O4. The number of hydrogen-bond acceptors (Lipinski definition) is 3. The molecule has 1 aromatic rings. The van der Waals surface area contributed by atoms with E-state index in [1.807, 2.05) is 0 Å². The summed E-state index contributed by atoms with van der Waals surface area (Å²) in [6.07, 6.45) is 2.44. The second kappa shape index (κ2) is 6.21. The van der Waals surface area contributed by atoms with Crippen molar-refractivity contribution in [3.8, 4) is 0 Å². The van der Waals surface area contributed by atoms with Crippen molar-refractivity contribution >= 4 is 23.9 Å². The molecule has 1 fully saturated rings. The fraction of sp³-hybridized carbons (Fsp3) is 0.267. The molecule has 1 saturated heterocycles. The van der Waals surface area contributed by atoms with Gasteiger partial charge in [0.25, 0.3) is 5.91 Å². The lowest BCUT2D eigenvalue weighted by Crippen LogP contribution is -2.50. The number of likely N-dealkylation sites (N-methyl/N-ethyl adjacent to an activating group) is 1. The van der Waals surface area contributed by atoms with Gasteiger partial charge in [-0.05, 0) is 23.8 Å². The molecule has 0 bridgehead atoms. The molecule has 1 aliphatic rings. The fourth-order valence-corrected chi connectivity index (χ4v) is 2.06. The molecule has 0 saturated carbocycles. The Hall–Kier alpha value is -2.63. The largest absolute Gasteiger partial charge is 0.478 e. The third-order valence-corrected chi connectivity index (χ3v) is 3.30. The normalized spacial score (nSPS) is 15.6. The predicted octanol–water partition coefficient (Wildman–Crippen LogP) is 0.699. The number of amides is 2. The highest BCUT2D eigenvalue weighted by molar-refractivity contribution is 5.97. The molecule has 0 radical (unpaired) electrons. The van der Waals surface area contributed by atoms with Crippen molar-refractivity contribution in [3.05, 3.63) is 41.5 Å².